The Kier molecular flexibility index (Phi) is 3.14. The van der Waals surface area contributed by atoms with E-state index in [1.807, 2.05) is 0 Å². The fraction of sp³-hybridized carbons (Fsp3) is 0.750. The fourth-order valence-corrected chi connectivity index (χ4v) is 0.238. The largest absolute Gasteiger partial charge is 0.471 e. The van der Waals surface area contributed by atoms with Crippen molar-refractivity contribution < 1.29 is 22.7 Å². The van der Waals surface area contributed by atoms with E-state index < -0.39 is 18.8 Å². The van der Waals surface area contributed by atoms with Gasteiger partial charge in [0.15, 0.2) is 0 Å². The van der Waals surface area contributed by atoms with Gasteiger partial charge in [-0.1, -0.05) is 0 Å². The molecule has 0 heterocycles. The maximum absolute atomic E-state index is 11.3. The van der Waals surface area contributed by atoms with E-state index in [1.165, 1.54) is 12.4 Å². The molecule has 1 N–H and O–H groups in total. The zero-order chi connectivity index (χ0) is 8.20. The summed E-state index contributed by atoms with van der Waals surface area (Å²) in [6, 6.07) is 0. The number of methoxy groups -OCH3 is 1. The maximum atomic E-state index is 11.3. The number of alkyl halides is 3. The van der Waals surface area contributed by atoms with Crippen molar-refractivity contribution in [2.45, 2.75) is 6.18 Å². The summed E-state index contributed by atoms with van der Waals surface area (Å²) in [6.07, 6.45) is -4.82. The molecule has 10 heavy (non-hydrogen) atoms. The predicted octanol–water partition coefficient (Wildman–Crippen LogP) is 0.269. The zero-order valence-corrected chi connectivity index (χ0v) is 5.16. The van der Waals surface area contributed by atoms with Gasteiger partial charge in [-0.2, -0.15) is 13.2 Å². The van der Waals surface area contributed by atoms with Gasteiger partial charge in [-0.25, -0.2) is 0 Å². The van der Waals surface area contributed by atoms with E-state index in [0.29, 0.717) is 0 Å². The van der Waals surface area contributed by atoms with Gasteiger partial charge in [-0.15, -0.1) is 0 Å². The van der Waals surface area contributed by atoms with E-state index in [9.17, 15) is 18.0 Å². The number of hydrogen-bond donors (Lipinski definition) is 1. The first-order chi connectivity index (χ1) is 4.48. The molecular formula is C4H6F3NO2. The molecule has 0 spiro atoms. The minimum absolute atomic E-state index is 0.432. The maximum Gasteiger partial charge on any atom is 0.471 e. The van der Waals surface area contributed by atoms with Gasteiger partial charge < -0.3 is 10.1 Å². The first-order valence-corrected chi connectivity index (χ1v) is 2.32. The highest BCUT2D eigenvalue weighted by Gasteiger charge is 2.38. The number of halogens is 3. The van der Waals surface area contributed by atoms with E-state index in [0.717, 1.165) is 0 Å². The summed E-state index contributed by atoms with van der Waals surface area (Å²) in [4.78, 5) is 9.91. The van der Waals surface area contributed by atoms with Crippen molar-refractivity contribution in [1.29, 1.82) is 0 Å². The fourth-order valence-electron chi connectivity index (χ4n) is 0.238. The lowest BCUT2D eigenvalue weighted by Crippen LogP contribution is -2.37. The summed E-state index contributed by atoms with van der Waals surface area (Å²) in [5, 5.41) is 1.49. The summed E-state index contributed by atoms with van der Waals surface area (Å²) in [7, 11) is 1.18. The van der Waals surface area contributed by atoms with Crippen LogP contribution in [0.15, 0.2) is 0 Å². The quantitative estimate of drug-likeness (QED) is 0.584. The van der Waals surface area contributed by atoms with Crippen LogP contribution in [-0.4, -0.2) is 25.9 Å². The molecule has 0 aromatic carbocycles. The standard InChI is InChI=1S/C4H6F3NO2/c1-10-2-8-3(9)4(5,6)7/h2H2,1H3,(H,8,9). The lowest BCUT2D eigenvalue weighted by atomic mass is 10.6. The van der Waals surface area contributed by atoms with Crippen molar-refractivity contribution in [2.75, 3.05) is 13.8 Å². The smallest absolute Gasteiger partial charge is 0.364 e. The molecule has 0 aliphatic heterocycles. The Balaban J connectivity index is 3.64. The molecule has 0 atom stereocenters. The average molecular weight is 157 g/mol. The monoisotopic (exact) mass is 157 g/mol. The van der Waals surface area contributed by atoms with Crippen molar-refractivity contribution in [3.63, 3.8) is 0 Å². The Bertz CT molecular complexity index is 122. The molecule has 0 fully saturated rings. The second kappa shape index (κ2) is 3.40. The molecule has 0 rings (SSSR count). The van der Waals surface area contributed by atoms with Crippen molar-refractivity contribution >= 4 is 5.91 Å². The first-order valence-electron chi connectivity index (χ1n) is 2.32. The molecule has 0 aromatic rings. The van der Waals surface area contributed by atoms with Crippen LogP contribution >= 0.6 is 0 Å². The lowest BCUT2D eigenvalue weighted by Gasteiger charge is -2.05. The van der Waals surface area contributed by atoms with Gasteiger partial charge in [0.1, 0.15) is 6.73 Å². The summed E-state index contributed by atoms with van der Waals surface area (Å²) >= 11 is 0. The second-order valence-corrected chi connectivity index (χ2v) is 1.44. The number of carbonyl (C=O) groups is 1. The molecule has 60 valence electrons. The molecule has 0 saturated carbocycles. The number of nitrogens with one attached hydrogen (secondary N) is 1. The van der Waals surface area contributed by atoms with E-state index in [2.05, 4.69) is 4.74 Å². The Morgan fingerprint density at radius 3 is 2.40 bits per heavy atom. The molecule has 1 amide bonds. The Morgan fingerprint density at radius 2 is 2.10 bits per heavy atom. The minimum Gasteiger partial charge on any atom is -0.364 e. The van der Waals surface area contributed by atoms with Crippen LogP contribution in [-0.2, 0) is 9.53 Å². The molecule has 0 saturated heterocycles. The number of amides is 1. The Morgan fingerprint density at radius 1 is 1.60 bits per heavy atom. The van der Waals surface area contributed by atoms with Crippen LogP contribution in [0.3, 0.4) is 0 Å². The van der Waals surface area contributed by atoms with Gasteiger partial charge in [-0.3, -0.25) is 4.79 Å². The number of carbonyl (C=O) groups excluding carboxylic acids is 1. The zero-order valence-electron chi connectivity index (χ0n) is 5.16. The van der Waals surface area contributed by atoms with Crippen molar-refractivity contribution in [3.05, 3.63) is 0 Å². The molecule has 3 nitrogen and oxygen atoms in total. The Hall–Kier alpha value is -0.780. The summed E-state index contributed by atoms with van der Waals surface area (Å²) < 4.78 is 38.1. The molecule has 0 unspecified atom stereocenters. The molecule has 0 aliphatic rings. The third-order valence-electron chi connectivity index (χ3n) is 0.635. The van der Waals surface area contributed by atoms with Crippen LogP contribution in [0, 0.1) is 0 Å². The van der Waals surface area contributed by atoms with E-state index in [1.54, 1.807) is 0 Å². The van der Waals surface area contributed by atoms with E-state index in [4.69, 9.17) is 0 Å². The molecule has 0 bridgehead atoms. The van der Waals surface area contributed by atoms with Gasteiger partial charge in [0.2, 0.25) is 0 Å². The SMILES string of the molecule is COCNC(=O)C(F)(F)F. The van der Waals surface area contributed by atoms with Crippen LogP contribution < -0.4 is 5.32 Å². The van der Waals surface area contributed by atoms with Crippen LogP contribution in [0.25, 0.3) is 0 Å². The number of hydrogen-bond acceptors (Lipinski definition) is 2. The topological polar surface area (TPSA) is 38.3 Å². The van der Waals surface area contributed by atoms with Crippen molar-refractivity contribution in [3.8, 4) is 0 Å². The van der Waals surface area contributed by atoms with Crippen molar-refractivity contribution in [1.82, 2.24) is 5.32 Å². The van der Waals surface area contributed by atoms with E-state index in [-0.39, 0.29) is 0 Å². The van der Waals surface area contributed by atoms with Crippen LogP contribution in [0.1, 0.15) is 0 Å². The molecule has 0 radical (unpaired) electrons. The summed E-state index contributed by atoms with van der Waals surface area (Å²) in [6.45, 7) is -0.432. The first kappa shape index (κ1) is 9.22. The number of rotatable bonds is 2. The summed E-state index contributed by atoms with van der Waals surface area (Å²) in [5.74, 6) is -1.99. The van der Waals surface area contributed by atoms with Crippen molar-refractivity contribution in [2.24, 2.45) is 0 Å². The van der Waals surface area contributed by atoms with Gasteiger partial charge in [0.25, 0.3) is 0 Å². The highest BCUT2D eigenvalue weighted by molar-refractivity contribution is 5.81. The molecule has 6 heteroatoms. The molecule has 0 aliphatic carbocycles. The average Bonchev–Trinajstić information content (AvgIpc) is 1.80. The van der Waals surface area contributed by atoms with Gasteiger partial charge in [-0.05, 0) is 0 Å². The number of ether oxygens (including phenoxy) is 1. The normalized spacial score (nSPS) is 11.2. The molecular weight excluding hydrogens is 151 g/mol. The van der Waals surface area contributed by atoms with E-state index >= 15 is 0 Å². The van der Waals surface area contributed by atoms with Gasteiger partial charge in [0.05, 0.1) is 0 Å². The van der Waals surface area contributed by atoms with Crippen LogP contribution in [0.5, 0.6) is 0 Å². The lowest BCUT2D eigenvalue weighted by molar-refractivity contribution is -0.175. The third kappa shape index (κ3) is 3.29. The highest BCUT2D eigenvalue weighted by atomic mass is 19.4. The van der Waals surface area contributed by atoms with Crippen LogP contribution in [0.2, 0.25) is 0 Å². The van der Waals surface area contributed by atoms with Gasteiger partial charge >= 0.3 is 12.1 Å². The molecule has 0 aromatic heterocycles. The van der Waals surface area contributed by atoms with Gasteiger partial charge in [0, 0.05) is 7.11 Å². The predicted molar refractivity (Wildman–Crippen MR) is 26.1 cm³/mol. The summed E-state index contributed by atoms with van der Waals surface area (Å²) in [5.41, 5.74) is 0. The Labute approximate surface area is 55.2 Å². The highest BCUT2D eigenvalue weighted by Crippen LogP contribution is 2.13. The van der Waals surface area contributed by atoms with Crippen LogP contribution in [0.4, 0.5) is 13.2 Å². The third-order valence-corrected chi connectivity index (χ3v) is 0.635. The second-order valence-electron chi connectivity index (χ2n) is 1.44. The minimum atomic E-state index is -4.82.